The lowest BCUT2D eigenvalue weighted by molar-refractivity contribution is 0.214. The summed E-state index contributed by atoms with van der Waals surface area (Å²) in [4.78, 5) is 13.0. The van der Waals surface area contributed by atoms with Crippen molar-refractivity contribution in [2.24, 2.45) is 0 Å². The number of hydrogen-bond donors (Lipinski definition) is 3. The van der Waals surface area contributed by atoms with E-state index in [9.17, 15) is 5.11 Å². The van der Waals surface area contributed by atoms with Gasteiger partial charge in [0, 0.05) is 32.4 Å². The number of methoxy groups -OCH3 is 1. The number of aliphatic hydroxyl groups excluding tert-OH is 1. The van der Waals surface area contributed by atoms with Gasteiger partial charge in [-0.05, 0) is 57.8 Å². The third-order valence-electron chi connectivity index (χ3n) is 5.41. The molecule has 1 atom stereocenters. The highest BCUT2D eigenvalue weighted by Crippen LogP contribution is 2.36. The number of nitrogens with two attached hydrogens (primary N) is 1. The Labute approximate surface area is 207 Å². The lowest BCUT2D eigenvalue weighted by Crippen LogP contribution is -2.29. The largest absolute Gasteiger partial charge is 0.494 e. The van der Waals surface area contributed by atoms with Crippen molar-refractivity contribution in [3.63, 3.8) is 0 Å². The second kappa shape index (κ2) is 11.7. The molecule has 0 saturated heterocycles. The van der Waals surface area contributed by atoms with Gasteiger partial charge in [0.15, 0.2) is 0 Å². The van der Waals surface area contributed by atoms with Crippen LogP contribution in [-0.4, -0.2) is 67.4 Å². The molecule has 3 aromatic rings. The molecule has 0 fully saturated rings. The molecule has 1 aromatic heterocycles. The van der Waals surface area contributed by atoms with Gasteiger partial charge in [-0.1, -0.05) is 12.1 Å². The molecule has 35 heavy (non-hydrogen) atoms. The van der Waals surface area contributed by atoms with Crippen molar-refractivity contribution < 1.29 is 14.6 Å². The Morgan fingerprint density at radius 2 is 1.77 bits per heavy atom. The normalized spacial score (nSPS) is 12.0. The van der Waals surface area contributed by atoms with E-state index in [-0.39, 0.29) is 6.10 Å². The quantitative estimate of drug-likeness (QED) is 0.354. The van der Waals surface area contributed by atoms with Crippen LogP contribution < -0.4 is 25.4 Å². The minimum atomic E-state index is -0.911. The molecule has 9 nitrogen and oxygen atoms in total. The van der Waals surface area contributed by atoms with Crippen molar-refractivity contribution in [3.8, 4) is 11.5 Å². The van der Waals surface area contributed by atoms with E-state index in [2.05, 4.69) is 25.1 Å². The van der Waals surface area contributed by atoms with E-state index in [1.54, 1.807) is 25.4 Å². The summed E-state index contributed by atoms with van der Waals surface area (Å²) in [6, 6.07) is 12.7. The third-order valence-corrected chi connectivity index (χ3v) is 5.41. The molecule has 1 heterocycles. The lowest BCUT2D eigenvalue weighted by Gasteiger charge is -2.24. The number of likely N-dealkylation sites (N-methyl/N-ethyl adjacent to an activating group) is 2. The van der Waals surface area contributed by atoms with Gasteiger partial charge >= 0.3 is 0 Å². The fourth-order valence-electron chi connectivity index (χ4n) is 3.53. The number of ether oxygens (including phenoxy) is 2. The zero-order valence-corrected chi connectivity index (χ0v) is 21.3. The van der Waals surface area contributed by atoms with Gasteiger partial charge in [0.2, 0.25) is 5.95 Å². The first-order valence-electron chi connectivity index (χ1n) is 11.6. The number of aromatic nitrogens is 2. The van der Waals surface area contributed by atoms with Crippen molar-refractivity contribution in [2.45, 2.75) is 26.1 Å². The molecule has 0 aliphatic heterocycles. The van der Waals surface area contributed by atoms with Gasteiger partial charge in [-0.3, -0.25) is 0 Å². The van der Waals surface area contributed by atoms with Crippen molar-refractivity contribution in [2.75, 3.05) is 57.3 Å². The number of nitrogens with one attached hydrogen (secondary N) is 1. The lowest BCUT2D eigenvalue weighted by atomic mass is 10.1. The standard InChI is InChI=1S/C26H36N6O3/c1-17(2)35-19-9-7-18(8-10-19)25(33)21-11-12-28-26(29-21)30-22-15-20(27)23(16-24(22)34-6)32(5)14-13-31(3)4/h7-12,15-17,25,33H,13-14,27H2,1-6H3,(H,28,29,30). The summed E-state index contributed by atoms with van der Waals surface area (Å²) in [5, 5.41) is 14.0. The van der Waals surface area contributed by atoms with E-state index < -0.39 is 6.10 Å². The summed E-state index contributed by atoms with van der Waals surface area (Å²) in [6.07, 6.45) is 0.773. The second-order valence-corrected chi connectivity index (χ2v) is 8.90. The molecule has 3 rings (SSSR count). The monoisotopic (exact) mass is 480 g/mol. The van der Waals surface area contributed by atoms with E-state index >= 15 is 0 Å². The maximum Gasteiger partial charge on any atom is 0.227 e. The summed E-state index contributed by atoms with van der Waals surface area (Å²) in [5.41, 5.74) is 9.65. The third kappa shape index (κ3) is 6.97. The SMILES string of the molecule is COc1cc(N(C)CCN(C)C)c(N)cc1Nc1nccc(C(O)c2ccc(OC(C)C)cc2)n1. The van der Waals surface area contributed by atoms with Gasteiger partial charge in [-0.25, -0.2) is 9.97 Å². The molecule has 188 valence electrons. The van der Waals surface area contributed by atoms with Crippen LogP contribution in [0.4, 0.5) is 23.0 Å². The highest BCUT2D eigenvalue weighted by Gasteiger charge is 2.16. The van der Waals surface area contributed by atoms with Crippen molar-refractivity contribution in [1.82, 2.24) is 14.9 Å². The van der Waals surface area contributed by atoms with Gasteiger partial charge in [0.25, 0.3) is 0 Å². The Morgan fingerprint density at radius 1 is 1.06 bits per heavy atom. The Morgan fingerprint density at radius 3 is 2.40 bits per heavy atom. The molecule has 0 spiro atoms. The average molecular weight is 481 g/mol. The van der Waals surface area contributed by atoms with Gasteiger partial charge in [-0.15, -0.1) is 0 Å². The number of anilines is 4. The minimum Gasteiger partial charge on any atom is -0.494 e. The molecule has 0 aliphatic carbocycles. The predicted molar refractivity (Wildman–Crippen MR) is 141 cm³/mol. The fourth-order valence-corrected chi connectivity index (χ4v) is 3.53. The summed E-state index contributed by atoms with van der Waals surface area (Å²) in [5.74, 6) is 1.69. The van der Waals surface area contributed by atoms with Crippen molar-refractivity contribution in [1.29, 1.82) is 0 Å². The zero-order chi connectivity index (χ0) is 25.5. The molecule has 0 radical (unpaired) electrons. The van der Waals surface area contributed by atoms with Crippen molar-refractivity contribution in [3.05, 3.63) is 59.9 Å². The van der Waals surface area contributed by atoms with Gasteiger partial charge < -0.3 is 35.4 Å². The molecule has 0 aliphatic rings. The number of nitrogen functional groups attached to an aromatic ring is 1. The fraction of sp³-hybridized carbons (Fsp3) is 0.385. The topological polar surface area (TPSA) is 109 Å². The maximum absolute atomic E-state index is 10.9. The second-order valence-electron chi connectivity index (χ2n) is 8.90. The minimum absolute atomic E-state index is 0.0832. The summed E-state index contributed by atoms with van der Waals surface area (Å²) >= 11 is 0. The molecule has 9 heteroatoms. The van der Waals surface area contributed by atoms with Crippen LogP contribution in [0.15, 0.2) is 48.7 Å². The first kappa shape index (κ1) is 26.1. The van der Waals surface area contributed by atoms with E-state index in [1.165, 1.54) is 0 Å². The van der Waals surface area contributed by atoms with Crippen LogP contribution >= 0.6 is 0 Å². The smallest absolute Gasteiger partial charge is 0.227 e. The van der Waals surface area contributed by atoms with Crippen LogP contribution in [0.3, 0.4) is 0 Å². The molecule has 1 unspecified atom stereocenters. The Hall–Kier alpha value is -3.56. The first-order chi connectivity index (χ1) is 16.7. The molecule has 0 bridgehead atoms. The average Bonchev–Trinajstić information content (AvgIpc) is 2.82. The number of hydrogen-bond acceptors (Lipinski definition) is 9. The summed E-state index contributed by atoms with van der Waals surface area (Å²) < 4.78 is 11.3. The van der Waals surface area contributed by atoms with E-state index in [1.807, 2.05) is 65.3 Å². The van der Waals surface area contributed by atoms with Crippen molar-refractivity contribution >= 4 is 23.0 Å². The summed E-state index contributed by atoms with van der Waals surface area (Å²) in [7, 11) is 7.67. The van der Waals surface area contributed by atoms with Crippen LogP contribution in [0.5, 0.6) is 11.5 Å². The van der Waals surface area contributed by atoms with Crippen LogP contribution in [0.25, 0.3) is 0 Å². The van der Waals surface area contributed by atoms with Crippen LogP contribution in [-0.2, 0) is 0 Å². The maximum atomic E-state index is 10.9. The number of rotatable bonds is 11. The Kier molecular flexibility index (Phi) is 8.73. The van der Waals surface area contributed by atoms with Crippen LogP contribution in [0.1, 0.15) is 31.2 Å². The highest BCUT2D eigenvalue weighted by atomic mass is 16.5. The summed E-state index contributed by atoms with van der Waals surface area (Å²) in [6.45, 7) is 5.66. The molecule has 0 saturated carbocycles. The van der Waals surface area contributed by atoms with Crippen LogP contribution in [0.2, 0.25) is 0 Å². The van der Waals surface area contributed by atoms with Gasteiger partial charge in [0.1, 0.15) is 17.6 Å². The molecular formula is C26H36N6O3. The first-order valence-corrected chi connectivity index (χ1v) is 11.6. The Balaban J connectivity index is 1.79. The molecule has 2 aromatic carbocycles. The number of aliphatic hydroxyl groups is 1. The molecule has 0 amide bonds. The van der Waals surface area contributed by atoms with E-state index in [0.29, 0.717) is 34.3 Å². The van der Waals surface area contributed by atoms with E-state index in [4.69, 9.17) is 15.2 Å². The van der Waals surface area contributed by atoms with Crippen LogP contribution in [0, 0.1) is 0 Å². The molecule has 4 N–H and O–H groups in total. The highest BCUT2D eigenvalue weighted by molar-refractivity contribution is 5.79. The predicted octanol–water partition coefficient (Wildman–Crippen LogP) is 3.68. The molecular weight excluding hydrogens is 444 g/mol. The van der Waals surface area contributed by atoms with Gasteiger partial charge in [0.05, 0.1) is 36.0 Å². The zero-order valence-electron chi connectivity index (χ0n) is 21.3. The Bertz CT molecular complexity index is 1100. The van der Waals surface area contributed by atoms with E-state index in [0.717, 1.165) is 24.5 Å². The number of nitrogens with zero attached hydrogens (tertiary/aromatic N) is 4. The van der Waals surface area contributed by atoms with Gasteiger partial charge in [-0.2, -0.15) is 0 Å². The number of benzene rings is 2.